The van der Waals surface area contributed by atoms with E-state index in [1.807, 2.05) is 19.2 Å². The molecule has 0 aliphatic rings. The summed E-state index contributed by atoms with van der Waals surface area (Å²) in [5, 5.41) is 0. The summed E-state index contributed by atoms with van der Waals surface area (Å²) in [4.78, 5) is 4.03. The highest BCUT2D eigenvalue weighted by molar-refractivity contribution is 9.11. The predicted octanol–water partition coefficient (Wildman–Crippen LogP) is 2.92. The van der Waals surface area contributed by atoms with Crippen molar-refractivity contribution in [3.8, 4) is 0 Å². The third kappa shape index (κ3) is 1.76. The quantitative estimate of drug-likeness (QED) is 0.646. The number of aromatic nitrogens is 1. The Morgan fingerprint density at radius 1 is 1.44 bits per heavy atom. The molecule has 0 saturated heterocycles. The second-order valence-corrected chi connectivity index (χ2v) is 3.42. The van der Waals surface area contributed by atoms with Crippen LogP contribution in [0.3, 0.4) is 0 Å². The fourth-order valence-electron chi connectivity index (χ4n) is 0.476. The van der Waals surface area contributed by atoms with Crippen molar-refractivity contribution >= 4 is 31.9 Å². The first kappa shape index (κ1) is 7.22. The SMILES string of the molecule is Cc1cnc(Br)cc1Br. The first-order valence-electron chi connectivity index (χ1n) is 2.48. The number of rotatable bonds is 0. The lowest BCUT2D eigenvalue weighted by atomic mass is 10.3. The number of pyridine rings is 1. The predicted molar refractivity (Wildman–Crippen MR) is 44.4 cm³/mol. The molecule has 0 aliphatic heterocycles. The van der Waals surface area contributed by atoms with Gasteiger partial charge in [-0.15, -0.1) is 0 Å². The number of hydrogen-bond acceptors (Lipinski definition) is 1. The van der Waals surface area contributed by atoms with Gasteiger partial charge in [-0.3, -0.25) is 0 Å². The van der Waals surface area contributed by atoms with Gasteiger partial charge in [-0.05, 0) is 34.5 Å². The maximum atomic E-state index is 4.03. The van der Waals surface area contributed by atoms with Crippen LogP contribution in [0.1, 0.15) is 5.56 Å². The molecule has 0 saturated carbocycles. The highest BCUT2D eigenvalue weighted by atomic mass is 79.9. The normalized spacial score (nSPS) is 9.67. The van der Waals surface area contributed by atoms with Crippen molar-refractivity contribution < 1.29 is 0 Å². The van der Waals surface area contributed by atoms with E-state index in [9.17, 15) is 0 Å². The van der Waals surface area contributed by atoms with Crippen molar-refractivity contribution in [3.05, 3.63) is 26.9 Å². The summed E-state index contributed by atoms with van der Waals surface area (Å²) in [5.74, 6) is 0. The zero-order valence-electron chi connectivity index (χ0n) is 4.86. The molecule has 0 N–H and O–H groups in total. The summed E-state index contributed by atoms with van der Waals surface area (Å²) in [5.41, 5.74) is 1.15. The maximum Gasteiger partial charge on any atom is 0.107 e. The lowest BCUT2D eigenvalue weighted by molar-refractivity contribution is 1.21. The first-order chi connectivity index (χ1) is 4.20. The van der Waals surface area contributed by atoms with Gasteiger partial charge < -0.3 is 0 Å². The van der Waals surface area contributed by atoms with Crippen LogP contribution in [0.25, 0.3) is 0 Å². The van der Waals surface area contributed by atoms with E-state index >= 15 is 0 Å². The summed E-state index contributed by atoms with van der Waals surface area (Å²) in [6, 6.07) is 1.93. The molecule has 0 amide bonds. The van der Waals surface area contributed by atoms with Crippen molar-refractivity contribution in [2.45, 2.75) is 6.92 Å². The van der Waals surface area contributed by atoms with Crippen molar-refractivity contribution in [2.75, 3.05) is 0 Å². The van der Waals surface area contributed by atoms with Gasteiger partial charge in [0.1, 0.15) is 4.60 Å². The smallest absolute Gasteiger partial charge is 0.107 e. The van der Waals surface area contributed by atoms with E-state index < -0.39 is 0 Å². The van der Waals surface area contributed by atoms with E-state index in [2.05, 4.69) is 36.8 Å². The Morgan fingerprint density at radius 3 is 2.56 bits per heavy atom. The van der Waals surface area contributed by atoms with E-state index in [4.69, 9.17) is 0 Å². The molecule has 0 bridgehead atoms. The monoisotopic (exact) mass is 249 g/mol. The molecule has 3 heteroatoms. The Kier molecular flexibility index (Phi) is 2.24. The molecule has 1 nitrogen and oxygen atoms in total. The molecule has 1 heterocycles. The number of aryl methyl sites for hydroxylation is 1. The minimum absolute atomic E-state index is 0.861. The zero-order chi connectivity index (χ0) is 6.85. The van der Waals surface area contributed by atoms with Crippen LogP contribution in [-0.4, -0.2) is 4.98 Å². The van der Waals surface area contributed by atoms with Crippen molar-refractivity contribution in [3.63, 3.8) is 0 Å². The second-order valence-electron chi connectivity index (χ2n) is 1.76. The van der Waals surface area contributed by atoms with Gasteiger partial charge in [0.05, 0.1) is 0 Å². The van der Waals surface area contributed by atoms with Crippen LogP contribution in [-0.2, 0) is 0 Å². The van der Waals surface area contributed by atoms with Crippen LogP contribution in [0.5, 0.6) is 0 Å². The van der Waals surface area contributed by atoms with Gasteiger partial charge in [-0.25, -0.2) is 4.98 Å². The van der Waals surface area contributed by atoms with Crippen LogP contribution in [0.15, 0.2) is 21.3 Å². The summed E-state index contributed by atoms with van der Waals surface area (Å²) < 4.78 is 1.95. The number of hydrogen-bond donors (Lipinski definition) is 0. The first-order valence-corrected chi connectivity index (χ1v) is 4.06. The molecule has 0 spiro atoms. The minimum atomic E-state index is 0.861. The molecule has 0 radical (unpaired) electrons. The Hall–Kier alpha value is 0.110. The second kappa shape index (κ2) is 2.80. The van der Waals surface area contributed by atoms with Crippen LogP contribution in [0, 0.1) is 6.92 Å². The van der Waals surface area contributed by atoms with Gasteiger partial charge in [0.2, 0.25) is 0 Å². The van der Waals surface area contributed by atoms with E-state index in [-0.39, 0.29) is 0 Å². The lowest BCUT2D eigenvalue weighted by Crippen LogP contribution is -1.78. The van der Waals surface area contributed by atoms with Gasteiger partial charge in [0.25, 0.3) is 0 Å². The largest absolute Gasteiger partial charge is 0.249 e. The van der Waals surface area contributed by atoms with Gasteiger partial charge in [-0.2, -0.15) is 0 Å². The van der Waals surface area contributed by atoms with Crippen molar-refractivity contribution in [2.24, 2.45) is 0 Å². The summed E-state index contributed by atoms with van der Waals surface area (Å²) >= 11 is 6.63. The average Bonchev–Trinajstić information content (AvgIpc) is 1.80. The van der Waals surface area contributed by atoms with Gasteiger partial charge in [0, 0.05) is 10.7 Å². The molecule has 1 aromatic rings. The van der Waals surface area contributed by atoms with Crippen LogP contribution < -0.4 is 0 Å². The molecule has 0 unspecified atom stereocenters. The van der Waals surface area contributed by atoms with Crippen LogP contribution >= 0.6 is 31.9 Å². The molecule has 1 aromatic heterocycles. The molecule has 9 heavy (non-hydrogen) atoms. The zero-order valence-corrected chi connectivity index (χ0v) is 8.03. The fraction of sp³-hybridized carbons (Fsp3) is 0.167. The van der Waals surface area contributed by atoms with Gasteiger partial charge in [-0.1, -0.05) is 15.9 Å². The molecular formula is C6H5Br2N. The van der Waals surface area contributed by atoms with E-state index in [0.29, 0.717) is 0 Å². The van der Waals surface area contributed by atoms with E-state index in [1.165, 1.54) is 0 Å². The third-order valence-electron chi connectivity index (χ3n) is 1.00. The fourth-order valence-corrected chi connectivity index (χ4v) is 1.43. The number of halogens is 2. The Labute approximate surface area is 70.8 Å². The molecule has 0 fully saturated rings. The van der Waals surface area contributed by atoms with E-state index in [1.54, 1.807) is 0 Å². The van der Waals surface area contributed by atoms with Crippen LogP contribution in [0.4, 0.5) is 0 Å². The molecule has 0 aromatic carbocycles. The summed E-state index contributed by atoms with van der Waals surface area (Å²) in [6.07, 6.45) is 1.81. The highest BCUT2D eigenvalue weighted by Gasteiger charge is 1.93. The average molecular weight is 251 g/mol. The third-order valence-corrected chi connectivity index (χ3v) is 2.29. The maximum absolute atomic E-state index is 4.03. The Balaban J connectivity index is 3.17. The van der Waals surface area contributed by atoms with Gasteiger partial charge >= 0.3 is 0 Å². The minimum Gasteiger partial charge on any atom is -0.249 e. The summed E-state index contributed by atoms with van der Waals surface area (Å²) in [6.45, 7) is 2.00. The van der Waals surface area contributed by atoms with E-state index in [0.717, 1.165) is 14.6 Å². The molecule has 1 rings (SSSR count). The van der Waals surface area contributed by atoms with Crippen LogP contribution in [0.2, 0.25) is 0 Å². The Morgan fingerprint density at radius 2 is 2.11 bits per heavy atom. The van der Waals surface area contributed by atoms with Gasteiger partial charge in [0.15, 0.2) is 0 Å². The van der Waals surface area contributed by atoms with Crippen molar-refractivity contribution in [1.82, 2.24) is 4.98 Å². The standard InChI is InChI=1S/C6H5Br2N/c1-4-3-9-6(8)2-5(4)7/h2-3H,1H3. The number of nitrogens with zero attached hydrogens (tertiary/aromatic N) is 1. The topological polar surface area (TPSA) is 12.9 Å². The Bertz CT molecular complexity index is 222. The molecule has 48 valence electrons. The summed E-state index contributed by atoms with van der Waals surface area (Å²) in [7, 11) is 0. The molecular weight excluding hydrogens is 246 g/mol. The highest BCUT2D eigenvalue weighted by Crippen LogP contribution is 2.17. The molecule has 0 aliphatic carbocycles. The van der Waals surface area contributed by atoms with Crippen molar-refractivity contribution in [1.29, 1.82) is 0 Å². The lowest BCUT2D eigenvalue weighted by Gasteiger charge is -1.94. The molecule has 0 atom stereocenters.